The zero-order valence-electron chi connectivity index (χ0n) is 12.7. The Labute approximate surface area is 117 Å². The summed E-state index contributed by atoms with van der Waals surface area (Å²) in [4.78, 5) is 6.68. The van der Waals surface area contributed by atoms with Gasteiger partial charge in [-0.05, 0) is 34.2 Å². The van der Waals surface area contributed by atoms with Crippen molar-refractivity contribution >= 4 is 5.95 Å². The van der Waals surface area contributed by atoms with Crippen molar-refractivity contribution < 1.29 is 4.74 Å². The lowest BCUT2D eigenvalue weighted by molar-refractivity contribution is 0.147. The van der Waals surface area contributed by atoms with Crippen LogP contribution in [0.5, 0.6) is 0 Å². The third kappa shape index (κ3) is 6.07. The van der Waals surface area contributed by atoms with Gasteiger partial charge < -0.3 is 19.5 Å². The van der Waals surface area contributed by atoms with Crippen LogP contribution < -0.4 is 5.32 Å². The first-order valence-corrected chi connectivity index (χ1v) is 7.18. The summed E-state index contributed by atoms with van der Waals surface area (Å²) in [6.45, 7) is 10.9. The third-order valence-corrected chi connectivity index (χ3v) is 3.24. The maximum atomic E-state index is 5.31. The highest BCUT2D eigenvalue weighted by Gasteiger charge is 2.05. The van der Waals surface area contributed by atoms with E-state index in [0.29, 0.717) is 6.04 Å². The molecule has 0 radical (unpaired) electrons. The monoisotopic (exact) mass is 268 g/mol. The minimum absolute atomic E-state index is 0.575. The first-order valence-electron chi connectivity index (χ1n) is 7.18. The fourth-order valence-corrected chi connectivity index (χ4v) is 1.70. The standard InChI is InChI=1S/C14H28N4O/c1-5-19-12-6-7-15-14-16-8-9-18(14)11-10-17(4)13(2)3/h8-9,13H,5-7,10-12H2,1-4H3,(H,15,16). The fourth-order valence-electron chi connectivity index (χ4n) is 1.70. The van der Waals surface area contributed by atoms with Crippen LogP contribution in [0.25, 0.3) is 0 Å². The summed E-state index contributed by atoms with van der Waals surface area (Å²) >= 11 is 0. The van der Waals surface area contributed by atoms with Gasteiger partial charge >= 0.3 is 0 Å². The molecule has 1 aromatic rings. The molecule has 5 nitrogen and oxygen atoms in total. The topological polar surface area (TPSA) is 42.3 Å². The van der Waals surface area contributed by atoms with Gasteiger partial charge in [-0.1, -0.05) is 0 Å². The number of hydrogen-bond donors (Lipinski definition) is 1. The fraction of sp³-hybridized carbons (Fsp3) is 0.786. The summed E-state index contributed by atoms with van der Waals surface area (Å²) in [6.07, 6.45) is 4.88. The second-order valence-electron chi connectivity index (χ2n) is 5.00. The number of rotatable bonds is 10. The molecule has 0 aliphatic carbocycles. The number of aromatic nitrogens is 2. The Bertz CT molecular complexity index is 338. The molecule has 0 bridgehead atoms. The maximum absolute atomic E-state index is 5.31. The van der Waals surface area contributed by atoms with Crippen molar-refractivity contribution in [3.05, 3.63) is 12.4 Å². The van der Waals surface area contributed by atoms with Crippen LogP contribution in [0, 0.1) is 0 Å². The van der Waals surface area contributed by atoms with Crippen LogP contribution in [-0.2, 0) is 11.3 Å². The van der Waals surface area contributed by atoms with Crippen LogP contribution in [0.1, 0.15) is 27.2 Å². The van der Waals surface area contributed by atoms with Gasteiger partial charge in [-0.25, -0.2) is 4.98 Å². The lowest BCUT2D eigenvalue weighted by Crippen LogP contribution is -2.29. The second kappa shape index (κ2) is 8.93. The van der Waals surface area contributed by atoms with Gasteiger partial charge in [-0.3, -0.25) is 0 Å². The number of anilines is 1. The molecule has 1 heterocycles. The number of hydrogen-bond acceptors (Lipinski definition) is 4. The number of ether oxygens (including phenoxy) is 1. The van der Waals surface area contributed by atoms with Crippen LogP contribution in [-0.4, -0.2) is 53.8 Å². The first-order chi connectivity index (χ1) is 9.15. The number of nitrogens with zero attached hydrogens (tertiary/aromatic N) is 3. The number of nitrogens with one attached hydrogen (secondary N) is 1. The normalized spacial score (nSPS) is 11.5. The molecule has 0 amide bonds. The van der Waals surface area contributed by atoms with E-state index in [1.165, 1.54) is 0 Å². The van der Waals surface area contributed by atoms with Gasteiger partial charge in [0.05, 0.1) is 0 Å². The Morgan fingerprint density at radius 3 is 2.95 bits per heavy atom. The lowest BCUT2D eigenvalue weighted by atomic mass is 10.3. The first kappa shape index (κ1) is 16.0. The molecule has 5 heteroatoms. The van der Waals surface area contributed by atoms with E-state index in [4.69, 9.17) is 4.74 Å². The molecule has 1 rings (SSSR count). The maximum Gasteiger partial charge on any atom is 0.202 e. The second-order valence-corrected chi connectivity index (χ2v) is 5.00. The van der Waals surface area contributed by atoms with Gasteiger partial charge in [0.1, 0.15) is 0 Å². The van der Waals surface area contributed by atoms with Crippen molar-refractivity contribution in [1.29, 1.82) is 0 Å². The SMILES string of the molecule is CCOCCCNc1nccn1CCN(C)C(C)C. The van der Waals surface area contributed by atoms with Crippen LogP contribution in [0.2, 0.25) is 0 Å². The molecule has 0 fully saturated rings. The van der Waals surface area contributed by atoms with Crippen molar-refractivity contribution in [3.63, 3.8) is 0 Å². The van der Waals surface area contributed by atoms with E-state index in [9.17, 15) is 0 Å². The molecule has 0 unspecified atom stereocenters. The summed E-state index contributed by atoms with van der Waals surface area (Å²) < 4.78 is 7.48. The molecule has 0 saturated heterocycles. The Morgan fingerprint density at radius 1 is 1.47 bits per heavy atom. The van der Waals surface area contributed by atoms with Gasteiger partial charge in [0.15, 0.2) is 0 Å². The van der Waals surface area contributed by atoms with Crippen LogP contribution in [0.15, 0.2) is 12.4 Å². The van der Waals surface area contributed by atoms with Crippen molar-refractivity contribution in [2.75, 3.05) is 38.7 Å². The average molecular weight is 268 g/mol. The highest BCUT2D eigenvalue weighted by Crippen LogP contribution is 2.05. The zero-order chi connectivity index (χ0) is 14.1. The summed E-state index contributed by atoms with van der Waals surface area (Å²) in [5, 5.41) is 3.36. The van der Waals surface area contributed by atoms with Crippen molar-refractivity contribution in [1.82, 2.24) is 14.5 Å². The number of imidazole rings is 1. The average Bonchev–Trinajstić information content (AvgIpc) is 2.83. The highest BCUT2D eigenvalue weighted by molar-refractivity contribution is 5.25. The van der Waals surface area contributed by atoms with Crippen molar-refractivity contribution in [2.45, 2.75) is 39.8 Å². The van der Waals surface area contributed by atoms with Crippen LogP contribution in [0.4, 0.5) is 5.95 Å². The third-order valence-electron chi connectivity index (χ3n) is 3.24. The largest absolute Gasteiger partial charge is 0.382 e. The van der Waals surface area contributed by atoms with E-state index < -0.39 is 0 Å². The predicted molar refractivity (Wildman–Crippen MR) is 79.6 cm³/mol. The van der Waals surface area contributed by atoms with Crippen LogP contribution in [0.3, 0.4) is 0 Å². The van der Waals surface area contributed by atoms with E-state index in [1.54, 1.807) is 0 Å². The van der Waals surface area contributed by atoms with Crippen molar-refractivity contribution in [2.24, 2.45) is 0 Å². The van der Waals surface area contributed by atoms with E-state index in [-0.39, 0.29) is 0 Å². The van der Waals surface area contributed by atoms with Gasteiger partial charge in [0, 0.05) is 51.3 Å². The van der Waals surface area contributed by atoms with Gasteiger partial charge in [-0.2, -0.15) is 0 Å². The molecular weight excluding hydrogens is 240 g/mol. The summed E-state index contributed by atoms with van der Waals surface area (Å²) in [7, 11) is 2.15. The summed E-state index contributed by atoms with van der Waals surface area (Å²) in [5.41, 5.74) is 0. The molecule has 1 N–H and O–H groups in total. The van der Waals surface area contributed by atoms with Crippen molar-refractivity contribution in [3.8, 4) is 0 Å². The molecule has 0 aliphatic heterocycles. The van der Waals surface area contributed by atoms with Gasteiger partial charge in [0.2, 0.25) is 5.95 Å². The Balaban J connectivity index is 2.30. The quantitative estimate of drug-likeness (QED) is 0.660. The molecular formula is C14H28N4O. The summed E-state index contributed by atoms with van der Waals surface area (Å²) in [5.74, 6) is 0.952. The predicted octanol–water partition coefficient (Wildman–Crippen LogP) is 2.06. The highest BCUT2D eigenvalue weighted by atomic mass is 16.5. The Morgan fingerprint density at radius 2 is 2.26 bits per heavy atom. The smallest absolute Gasteiger partial charge is 0.202 e. The minimum atomic E-state index is 0.575. The molecule has 0 atom stereocenters. The van der Waals surface area contributed by atoms with E-state index >= 15 is 0 Å². The number of likely N-dealkylation sites (N-methyl/N-ethyl adjacent to an activating group) is 1. The Kier molecular flexibility index (Phi) is 7.52. The molecule has 1 aromatic heterocycles. The molecule has 0 saturated carbocycles. The molecule has 0 spiro atoms. The lowest BCUT2D eigenvalue weighted by Gasteiger charge is -2.21. The van der Waals surface area contributed by atoms with E-state index in [2.05, 4.69) is 40.7 Å². The molecule has 110 valence electrons. The van der Waals surface area contributed by atoms with E-state index in [1.807, 2.05) is 19.3 Å². The molecule has 0 aliphatic rings. The minimum Gasteiger partial charge on any atom is -0.382 e. The van der Waals surface area contributed by atoms with Gasteiger partial charge in [-0.15, -0.1) is 0 Å². The zero-order valence-corrected chi connectivity index (χ0v) is 12.7. The molecule has 19 heavy (non-hydrogen) atoms. The molecule has 0 aromatic carbocycles. The Hall–Kier alpha value is -1.07. The van der Waals surface area contributed by atoms with E-state index in [0.717, 1.165) is 45.2 Å². The van der Waals surface area contributed by atoms with Crippen LogP contribution >= 0.6 is 0 Å². The van der Waals surface area contributed by atoms with Gasteiger partial charge in [0.25, 0.3) is 0 Å². The summed E-state index contributed by atoms with van der Waals surface area (Å²) in [6, 6.07) is 0.575.